The first-order chi connectivity index (χ1) is 13.1. The maximum Gasteiger partial charge on any atom is 0.418 e. The third kappa shape index (κ3) is 4.07. The quantitative estimate of drug-likeness (QED) is 0.620. The van der Waals surface area contributed by atoms with E-state index in [-0.39, 0.29) is 10.8 Å². The molecule has 11 heteroatoms. The number of hydrogen-bond donors (Lipinski definition) is 1. The van der Waals surface area contributed by atoms with Crippen molar-refractivity contribution in [3.8, 4) is 0 Å². The summed E-state index contributed by atoms with van der Waals surface area (Å²) in [6.07, 6.45) is -4.64. The van der Waals surface area contributed by atoms with Crippen molar-refractivity contribution < 1.29 is 18.0 Å². The van der Waals surface area contributed by atoms with E-state index in [1.54, 1.807) is 4.52 Å². The molecule has 0 unspecified atom stereocenters. The first-order valence-corrected chi connectivity index (χ1v) is 9.43. The standard InChI is InChI=1S/C17H15ClF3N5OS/c1-8-9(2)22-15-24-16(25-26(15)10(8)3)28-7-13(27)23-14-11(17(19,20)21)5-4-6-12(14)18/h4-6H,7H2,1-3H3,(H,23,27). The lowest BCUT2D eigenvalue weighted by molar-refractivity contribution is -0.137. The van der Waals surface area contributed by atoms with Gasteiger partial charge in [0.25, 0.3) is 5.78 Å². The van der Waals surface area contributed by atoms with E-state index in [0.717, 1.165) is 34.8 Å². The largest absolute Gasteiger partial charge is 0.418 e. The average molecular weight is 430 g/mol. The molecular weight excluding hydrogens is 415 g/mol. The van der Waals surface area contributed by atoms with Crippen molar-refractivity contribution in [1.82, 2.24) is 19.6 Å². The molecule has 0 saturated carbocycles. The van der Waals surface area contributed by atoms with Gasteiger partial charge in [-0.3, -0.25) is 4.79 Å². The van der Waals surface area contributed by atoms with Gasteiger partial charge in [-0.15, -0.1) is 5.10 Å². The SMILES string of the molecule is Cc1nc2nc(SCC(=O)Nc3c(Cl)cccc3C(F)(F)F)nn2c(C)c1C. The summed E-state index contributed by atoms with van der Waals surface area (Å²) in [5.74, 6) is -0.440. The van der Waals surface area contributed by atoms with Crippen LogP contribution in [0.15, 0.2) is 23.4 Å². The number of alkyl halides is 3. The lowest BCUT2D eigenvalue weighted by Gasteiger charge is -2.14. The highest BCUT2D eigenvalue weighted by molar-refractivity contribution is 7.99. The van der Waals surface area contributed by atoms with Crippen LogP contribution < -0.4 is 5.32 Å². The number of aryl methyl sites for hydroxylation is 2. The second kappa shape index (κ2) is 7.59. The fourth-order valence-electron chi connectivity index (χ4n) is 2.49. The Morgan fingerprint density at radius 2 is 1.96 bits per heavy atom. The first-order valence-electron chi connectivity index (χ1n) is 8.07. The van der Waals surface area contributed by atoms with Crippen molar-refractivity contribution in [2.75, 3.05) is 11.1 Å². The van der Waals surface area contributed by atoms with Crippen molar-refractivity contribution in [2.24, 2.45) is 0 Å². The molecule has 0 bridgehead atoms. The third-order valence-corrected chi connectivity index (χ3v) is 5.31. The summed E-state index contributed by atoms with van der Waals surface area (Å²) < 4.78 is 40.9. The van der Waals surface area contributed by atoms with E-state index >= 15 is 0 Å². The van der Waals surface area contributed by atoms with Crippen molar-refractivity contribution in [2.45, 2.75) is 32.1 Å². The van der Waals surface area contributed by atoms with Crippen molar-refractivity contribution >= 4 is 40.7 Å². The topological polar surface area (TPSA) is 72.2 Å². The number of anilines is 1. The van der Waals surface area contributed by atoms with E-state index in [1.807, 2.05) is 20.8 Å². The highest BCUT2D eigenvalue weighted by Crippen LogP contribution is 2.38. The predicted octanol–water partition coefficient (Wildman–Crippen LogP) is 4.45. The lowest BCUT2D eigenvalue weighted by Crippen LogP contribution is -2.18. The Kier molecular flexibility index (Phi) is 5.53. The summed E-state index contributed by atoms with van der Waals surface area (Å²) >= 11 is 6.83. The number of carbonyl (C=O) groups is 1. The monoisotopic (exact) mass is 429 g/mol. The Morgan fingerprint density at radius 3 is 2.64 bits per heavy atom. The van der Waals surface area contributed by atoms with Gasteiger partial charge in [-0.2, -0.15) is 18.2 Å². The van der Waals surface area contributed by atoms with Crippen molar-refractivity contribution in [3.63, 3.8) is 0 Å². The molecule has 2 aromatic heterocycles. The Bertz CT molecular complexity index is 1070. The molecule has 0 fully saturated rings. The van der Waals surface area contributed by atoms with Crippen LogP contribution in [0.25, 0.3) is 5.78 Å². The average Bonchev–Trinajstić information content (AvgIpc) is 3.02. The van der Waals surface area contributed by atoms with Gasteiger partial charge in [0.15, 0.2) is 0 Å². The highest BCUT2D eigenvalue weighted by atomic mass is 35.5. The molecule has 28 heavy (non-hydrogen) atoms. The van der Waals surface area contributed by atoms with Crippen LogP contribution >= 0.6 is 23.4 Å². The number of hydrogen-bond acceptors (Lipinski definition) is 5. The third-order valence-electron chi connectivity index (χ3n) is 4.16. The molecular formula is C17H15ClF3N5OS. The van der Waals surface area contributed by atoms with E-state index in [0.29, 0.717) is 10.9 Å². The molecule has 6 nitrogen and oxygen atoms in total. The van der Waals surface area contributed by atoms with Gasteiger partial charge in [0, 0.05) is 11.4 Å². The van der Waals surface area contributed by atoms with Crippen LogP contribution in [-0.2, 0) is 11.0 Å². The van der Waals surface area contributed by atoms with E-state index < -0.39 is 23.3 Å². The van der Waals surface area contributed by atoms with Gasteiger partial charge in [-0.05, 0) is 38.5 Å². The first kappa shape index (κ1) is 20.4. The zero-order valence-corrected chi connectivity index (χ0v) is 16.6. The van der Waals surface area contributed by atoms with Crippen molar-refractivity contribution in [1.29, 1.82) is 0 Å². The molecule has 0 aliphatic heterocycles. The molecule has 1 N–H and O–H groups in total. The van der Waals surface area contributed by atoms with E-state index in [1.165, 1.54) is 12.1 Å². The lowest BCUT2D eigenvalue weighted by atomic mass is 10.1. The summed E-state index contributed by atoms with van der Waals surface area (Å²) in [5, 5.41) is 6.62. The van der Waals surface area contributed by atoms with Gasteiger partial charge in [0.2, 0.25) is 11.1 Å². The van der Waals surface area contributed by atoms with E-state index in [2.05, 4.69) is 20.4 Å². The Balaban J connectivity index is 1.76. The number of halogens is 4. The maximum atomic E-state index is 13.1. The van der Waals surface area contributed by atoms with Crippen LogP contribution in [0.5, 0.6) is 0 Å². The minimum Gasteiger partial charge on any atom is -0.324 e. The van der Waals surface area contributed by atoms with Crippen LogP contribution in [0.3, 0.4) is 0 Å². The summed E-state index contributed by atoms with van der Waals surface area (Å²) in [6, 6.07) is 3.31. The number of amides is 1. The molecule has 1 aromatic carbocycles. The number of nitrogens with one attached hydrogen (secondary N) is 1. The number of nitrogens with zero attached hydrogens (tertiary/aromatic N) is 4. The molecule has 0 spiro atoms. The number of benzene rings is 1. The van der Waals surface area contributed by atoms with Gasteiger partial charge < -0.3 is 5.32 Å². The number of fused-ring (bicyclic) bond motifs is 1. The van der Waals surface area contributed by atoms with Crippen LogP contribution in [0, 0.1) is 20.8 Å². The Hall–Kier alpha value is -2.33. The number of carbonyl (C=O) groups excluding carboxylic acids is 1. The number of rotatable bonds is 4. The predicted molar refractivity (Wildman–Crippen MR) is 101 cm³/mol. The molecule has 3 aromatic rings. The van der Waals surface area contributed by atoms with Crippen LogP contribution in [0.4, 0.5) is 18.9 Å². The summed E-state index contributed by atoms with van der Waals surface area (Å²) in [4.78, 5) is 20.8. The molecule has 1 amide bonds. The second-order valence-electron chi connectivity index (χ2n) is 6.01. The maximum absolute atomic E-state index is 13.1. The Morgan fingerprint density at radius 1 is 1.25 bits per heavy atom. The summed E-state index contributed by atoms with van der Waals surface area (Å²) in [7, 11) is 0. The zero-order chi connectivity index (χ0) is 20.6. The van der Waals surface area contributed by atoms with E-state index in [4.69, 9.17) is 11.6 Å². The van der Waals surface area contributed by atoms with Gasteiger partial charge in [0.1, 0.15) is 0 Å². The van der Waals surface area contributed by atoms with Gasteiger partial charge >= 0.3 is 6.18 Å². The van der Waals surface area contributed by atoms with E-state index in [9.17, 15) is 18.0 Å². The minimum absolute atomic E-state index is 0.184. The fourth-order valence-corrected chi connectivity index (χ4v) is 3.33. The van der Waals surface area contributed by atoms with Crippen LogP contribution in [-0.4, -0.2) is 31.2 Å². The molecule has 0 saturated heterocycles. The molecule has 3 rings (SSSR count). The molecule has 0 atom stereocenters. The normalized spacial score (nSPS) is 11.8. The Labute approximate surface area is 167 Å². The smallest absolute Gasteiger partial charge is 0.324 e. The number of thioether (sulfide) groups is 1. The number of para-hydroxylation sites is 1. The molecule has 0 aliphatic rings. The van der Waals surface area contributed by atoms with Gasteiger partial charge in [0.05, 0.1) is 22.0 Å². The summed E-state index contributed by atoms with van der Waals surface area (Å²) in [6.45, 7) is 5.66. The minimum atomic E-state index is -4.64. The number of aromatic nitrogens is 4. The van der Waals surface area contributed by atoms with Crippen molar-refractivity contribution in [3.05, 3.63) is 45.7 Å². The molecule has 2 heterocycles. The van der Waals surface area contributed by atoms with Crippen LogP contribution in [0.1, 0.15) is 22.5 Å². The zero-order valence-electron chi connectivity index (χ0n) is 15.1. The van der Waals surface area contributed by atoms with Gasteiger partial charge in [-0.1, -0.05) is 29.4 Å². The second-order valence-corrected chi connectivity index (χ2v) is 7.36. The molecule has 0 radical (unpaired) electrons. The summed E-state index contributed by atoms with van der Waals surface area (Å²) in [5.41, 5.74) is 1.20. The highest BCUT2D eigenvalue weighted by Gasteiger charge is 2.34. The van der Waals surface area contributed by atoms with Crippen LogP contribution in [0.2, 0.25) is 5.02 Å². The van der Waals surface area contributed by atoms with Gasteiger partial charge in [-0.25, -0.2) is 9.50 Å². The fraction of sp³-hybridized carbons (Fsp3) is 0.294. The molecule has 0 aliphatic carbocycles. The molecule has 148 valence electrons.